The summed E-state index contributed by atoms with van der Waals surface area (Å²) in [5.41, 5.74) is -0.603. The van der Waals surface area contributed by atoms with Crippen molar-refractivity contribution in [1.82, 2.24) is 5.32 Å². The van der Waals surface area contributed by atoms with Crippen molar-refractivity contribution < 1.29 is 27.9 Å². The van der Waals surface area contributed by atoms with Crippen LogP contribution < -0.4 is 5.32 Å². The van der Waals surface area contributed by atoms with Crippen molar-refractivity contribution in [3.05, 3.63) is 46.8 Å². The molecule has 1 aromatic heterocycles. The molecule has 0 unspecified atom stereocenters. The van der Waals surface area contributed by atoms with Gasteiger partial charge < -0.3 is 15.2 Å². The smallest absolute Gasteiger partial charge is 0.407 e. The number of aromatic carboxylic acids is 1. The largest absolute Gasteiger partial charge is 0.478 e. The van der Waals surface area contributed by atoms with Gasteiger partial charge in [-0.1, -0.05) is 0 Å². The lowest BCUT2D eigenvalue weighted by Crippen LogP contribution is -2.31. The molecule has 1 amide bonds. The fraction of sp³-hybridized carbons (Fsp3) is 0.294. The van der Waals surface area contributed by atoms with Gasteiger partial charge in [0.1, 0.15) is 9.81 Å². The first-order valence-electron chi connectivity index (χ1n) is 7.63. The van der Waals surface area contributed by atoms with Gasteiger partial charge in [-0.3, -0.25) is 0 Å². The molecule has 26 heavy (non-hydrogen) atoms. The number of thiophene rings is 1. The Kier molecular flexibility index (Phi) is 5.72. The van der Waals surface area contributed by atoms with E-state index in [9.17, 15) is 18.0 Å². The Balaban J connectivity index is 2.10. The maximum Gasteiger partial charge on any atom is 0.407 e. The van der Waals surface area contributed by atoms with Crippen molar-refractivity contribution in [3.63, 3.8) is 0 Å². The summed E-state index contributed by atoms with van der Waals surface area (Å²) in [5, 5.41) is 11.5. The predicted octanol–water partition coefficient (Wildman–Crippen LogP) is 3.30. The summed E-state index contributed by atoms with van der Waals surface area (Å²) >= 11 is 1.03. The first-order chi connectivity index (χ1) is 12.0. The topological polar surface area (TPSA) is 110 Å². The average Bonchev–Trinajstić information content (AvgIpc) is 3.01. The van der Waals surface area contributed by atoms with Crippen LogP contribution in [-0.4, -0.2) is 31.2 Å². The van der Waals surface area contributed by atoms with Gasteiger partial charge in [0, 0.05) is 4.88 Å². The highest BCUT2D eigenvalue weighted by Gasteiger charge is 2.21. The van der Waals surface area contributed by atoms with E-state index in [1.807, 2.05) is 0 Å². The van der Waals surface area contributed by atoms with E-state index in [0.29, 0.717) is 4.88 Å². The minimum Gasteiger partial charge on any atom is -0.478 e. The van der Waals surface area contributed by atoms with Crippen LogP contribution in [-0.2, 0) is 21.1 Å². The summed E-state index contributed by atoms with van der Waals surface area (Å²) in [6.45, 7) is 5.39. The third kappa shape index (κ3) is 5.06. The number of nitrogens with one attached hydrogen (secondary N) is 1. The molecule has 2 N–H and O–H groups in total. The molecule has 2 rings (SSSR count). The lowest BCUT2D eigenvalue weighted by Gasteiger charge is -2.19. The van der Waals surface area contributed by atoms with E-state index in [0.717, 1.165) is 11.3 Å². The number of carboxylic acids is 1. The molecule has 0 aliphatic rings. The van der Waals surface area contributed by atoms with Crippen molar-refractivity contribution in [1.29, 1.82) is 0 Å². The fourth-order valence-electron chi connectivity index (χ4n) is 1.96. The van der Waals surface area contributed by atoms with Gasteiger partial charge in [0.2, 0.25) is 9.84 Å². The van der Waals surface area contributed by atoms with Crippen LogP contribution in [0.15, 0.2) is 45.5 Å². The van der Waals surface area contributed by atoms with E-state index < -0.39 is 27.5 Å². The van der Waals surface area contributed by atoms with Gasteiger partial charge in [-0.2, -0.15) is 0 Å². The molecule has 0 atom stereocenters. The number of benzene rings is 1. The highest BCUT2D eigenvalue weighted by molar-refractivity contribution is 7.93. The Labute approximate surface area is 155 Å². The molecule has 0 aliphatic carbocycles. The second kappa shape index (κ2) is 7.46. The lowest BCUT2D eigenvalue weighted by molar-refractivity contribution is 0.0523. The van der Waals surface area contributed by atoms with Gasteiger partial charge >= 0.3 is 12.1 Å². The number of amides is 1. The standard InChI is InChI=1S/C17H19NO6S2/c1-17(2,3)24-16(21)18-10-12-6-9-14(25-12)26(22,23)13-7-4-11(5-8-13)15(19)20/h4-9H,10H2,1-3H3,(H,18,21)(H,19,20). The van der Waals surface area contributed by atoms with Crippen LogP contribution in [0.1, 0.15) is 36.0 Å². The highest BCUT2D eigenvalue weighted by atomic mass is 32.2. The van der Waals surface area contributed by atoms with Crippen LogP contribution in [0.3, 0.4) is 0 Å². The molecule has 1 heterocycles. The molecule has 0 fully saturated rings. The number of rotatable bonds is 5. The van der Waals surface area contributed by atoms with Crippen LogP contribution in [0.2, 0.25) is 0 Å². The van der Waals surface area contributed by atoms with Crippen molar-refractivity contribution in [2.75, 3.05) is 0 Å². The molecule has 140 valence electrons. The number of sulfone groups is 1. The minimum atomic E-state index is -3.75. The van der Waals surface area contributed by atoms with Gasteiger partial charge in [0.05, 0.1) is 17.0 Å². The summed E-state index contributed by atoms with van der Waals surface area (Å²) < 4.78 is 30.4. The Morgan fingerprint density at radius 1 is 1.12 bits per heavy atom. The van der Waals surface area contributed by atoms with Crippen molar-refractivity contribution in [2.45, 2.75) is 42.0 Å². The Morgan fingerprint density at radius 3 is 2.27 bits per heavy atom. The summed E-state index contributed by atoms with van der Waals surface area (Å²) in [7, 11) is -3.75. The van der Waals surface area contributed by atoms with E-state index in [2.05, 4.69) is 5.32 Å². The van der Waals surface area contributed by atoms with E-state index in [-0.39, 0.29) is 21.2 Å². The average molecular weight is 397 g/mol. The second-order valence-electron chi connectivity index (χ2n) is 6.41. The molecule has 0 radical (unpaired) electrons. The maximum absolute atomic E-state index is 12.6. The van der Waals surface area contributed by atoms with Crippen LogP contribution in [0, 0.1) is 0 Å². The SMILES string of the molecule is CC(C)(C)OC(=O)NCc1ccc(S(=O)(=O)c2ccc(C(=O)O)cc2)s1. The summed E-state index contributed by atoms with van der Waals surface area (Å²) in [6.07, 6.45) is -0.584. The molecule has 0 aliphatic heterocycles. The minimum absolute atomic E-state index is 0.0102. The summed E-state index contributed by atoms with van der Waals surface area (Å²) in [4.78, 5) is 23.2. The number of alkyl carbamates (subject to hydrolysis) is 1. The normalized spacial score (nSPS) is 11.8. The zero-order valence-corrected chi connectivity index (χ0v) is 16.1. The molecule has 0 bridgehead atoms. The van der Waals surface area contributed by atoms with Gasteiger partial charge in [-0.15, -0.1) is 11.3 Å². The van der Waals surface area contributed by atoms with Gasteiger partial charge in [-0.25, -0.2) is 18.0 Å². The Morgan fingerprint density at radius 2 is 1.73 bits per heavy atom. The fourth-order valence-corrected chi connectivity index (χ4v) is 4.66. The molecular formula is C17H19NO6S2. The first-order valence-corrected chi connectivity index (χ1v) is 9.93. The molecule has 7 nitrogen and oxygen atoms in total. The molecular weight excluding hydrogens is 378 g/mol. The Hall–Kier alpha value is -2.39. The van der Waals surface area contributed by atoms with Crippen molar-refractivity contribution in [2.24, 2.45) is 0 Å². The van der Waals surface area contributed by atoms with E-state index in [4.69, 9.17) is 9.84 Å². The third-order valence-corrected chi connectivity index (χ3v) is 6.47. The van der Waals surface area contributed by atoms with E-state index in [1.54, 1.807) is 26.8 Å². The Bertz CT molecular complexity index is 907. The predicted molar refractivity (Wildman–Crippen MR) is 96.2 cm³/mol. The second-order valence-corrected chi connectivity index (χ2v) is 9.75. The maximum atomic E-state index is 12.6. The molecule has 1 aromatic carbocycles. The molecule has 2 aromatic rings. The van der Waals surface area contributed by atoms with E-state index in [1.165, 1.54) is 30.3 Å². The zero-order valence-electron chi connectivity index (χ0n) is 14.5. The molecule has 0 saturated heterocycles. The van der Waals surface area contributed by atoms with Crippen molar-refractivity contribution >= 4 is 33.2 Å². The van der Waals surface area contributed by atoms with Gasteiger partial charge in [0.15, 0.2) is 0 Å². The van der Waals surface area contributed by atoms with Crippen LogP contribution in [0.4, 0.5) is 4.79 Å². The number of carbonyl (C=O) groups excluding carboxylic acids is 1. The molecule has 0 saturated carbocycles. The number of ether oxygens (including phenoxy) is 1. The van der Waals surface area contributed by atoms with Crippen LogP contribution >= 0.6 is 11.3 Å². The van der Waals surface area contributed by atoms with E-state index >= 15 is 0 Å². The zero-order chi connectivity index (χ0) is 19.5. The number of hydrogen-bond donors (Lipinski definition) is 2. The highest BCUT2D eigenvalue weighted by Crippen LogP contribution is 2.28. The summed E-state index contributed by atoms with van der Waals surface area (Å²) in [5.74, 6) is -1.12. The number of carbonyl (C=O) groups is 2. The van der Waals surface area contributed by atoms with Gasteiger partial charge in [-0.05, 0) is 57.2 Å². The third-order valence-electron chi connectivity index (χ3n) is 3.12. The molecule has 9 heteroatoms. The van der Waals surface area contributed by atoms with Crippen LogP contribution in [0.25, 0.3) is 0 Å². The summed E-state index contributed by atoms with van der Waals surface area (Å²) in [6, 6.07) is 8.08. The lowest BCUT2D eigenvalue weighted by atomic mass is 10.2. The number of hydrogen-bond acceptors (Lipinski definition) is 6. The monoisotopic (exact) mass is 397 g/mol. The molecule has 0 spiro atoms. The first kappa shape index (κ1) is 19.9. The quantitative estimate of drug-likeness (QED) is 0.801. The van der Waals surface area contributed by atoms with Gasteiger partial charge in [0.25, 0.3) is 0 Å². The van der Waals surface area contributed by atoms with Crippen molar-refractivity contribution in [3.8, 4) is 0 Å². The van der Waals surface area contributed by atoms with Crippen LogP contribution in [0.5, 0.6) is 0 Å². The number of carboxylic acid groups (broad SMARTS) is 1.